The first-order valence-corrected chi connectivity index (χ1v) is 47.4. The summed E-state index contributed by atoms with van der Waals surface area (Å²) in [6.07, 6.45) is 5.92. The van der Waals surface area contributed by atoms with Gasteiger partial charge in [-0.3, -0.25) is 0 Å². The van der Waals surface area contributed by atoms with E-state index in [1.54, 1.807) is 214 Å². The molecule has 7 aliphatic heterocycles. The van der Waals surface area contributed by atoms with Crippen LogP contribution in [0.2, 0.25) is 0 Å². The summed E-state index contributed by atoms with van der Waals surface area (Å²) >= 11 is 0. The number of hydrogen-bond acceptors (Lipinski definition) is 27. The zero-order chi connectivity index (χ0) is 104. The van der Waals surface area contributed by atoms with E-state index in [4.69, 9.17) is 47.4 Å². The molecule has 0 bridgehead atoms. The Morgan fingerprint density at radius 1 is 0.268 bits per heavy atom. The van der Waals surface area contributed by atoms with Crippen molar-refractivity contribution in [3.63, 3.8) is 0 Å². The second kappa shape index (κ2) is 46.3. The summed E-state index contributed by atoms with van der Waals surface area (Å²) in [5.74, 6) is 4.58. The van der Waals surface area contributed by atoms with Gasteiger partial charge >= 0.3 is 11.9 Å². The Balaban J connectivity index is 0.000000120. The lowest BCUT2D eigenvalue weighted by Crippen LogP contribution is -2.24. The number of esters is 2. The third kappa shape index (κ3) is 24.4. The van der Waals surface area contributed by atoms with Gasteiger partial charge in [0.2, 0.25) is 11.5 Å². The van der Waals surface area contributed by atoms with Crippen LogP contribution in [-0.2, 0) is 0 Å². The molecule has 23 rings (SSSR count). The minimum atomic E-state index is -0.852. The predicted octanol–water partition coefficient (Wildman–Crippen LogP) is 22.7. The van der Waals surface area contributed by atoms with E-state index < -0.39 is 30.3 Å². The molecule has 0 amide bonds. The van der Waals surface area contributed by atoms with Gasteiger partial charge in [-0.2, -0.15) is 0 Å². The number of hydrogen-bond donors (Lipinski definition) is 15. The van der Waals surface area contributed by atoms with E-state index in [9.17, 15) is 86.2 Å². The number of carbonyl (C=O) groups excluding carboxylic acids is 2. The van der Waals surface area contributed by atoms with Crippen molar-refractivity contribution >= 4 is 58.5 Å². The standard InChI is InChI=1S/C29H20O5.C16H14O4.C16H16O4.C16H14O3.C15H14O5.C15H12O3.C15H14O3/c30-28(21-7-3-1-4-8-21)33-25-14-11-20(12-15-25)24-17-23-13-16-26(18-27(23)32-19-24)34-29(31)22-9-5-2-6-10-22;1-19-13-5-2-10(3-6-13)12-8-11-4-7-14(17)15(18)16(11)20-9-12;1-9-14(18)7-6-12-15(19)13(8-20-16(9)12)10-2-4-11(17)5-3-10;1-10-15(18)7-4-12-8-13(9-19-16(10)12)11-2-5-14(17)6-3-11;16-9-3-1-8(2-4-9)11-7-20-15-10(13(11)18)5-6-12(17)14(15)19;16-13-4-1-10(2-5-13)12-7-11-3-6-14(17)8-15(11)18-9-12;16-11-6-7-12-14(8-11)18-9-13(15(12)17)10-4-2-1-3-5-10/h1-18H,19H2;2-8,17-18H,9H2,1H3;2-7,13,15,17-19H,8H2,1H3;2-8,17-18H,9H2,1H3;1-6,11,13,16-19H,7H2;1-8,16-17H,9H2;1-8,13,15-17H,9H2. The number of rotatable bonds is 12. The van der Waals surface area contributed by atoms with E-state index >= 15 is 0 Å². The van der Waals surface area contributed by atoms with Crippen LogP contribution < -0.4 is 47.4 Å². The summed E-state index contributed by atoms with van der Waals surface area (Å²) in [7, 11) is 1.63. The molecule has 15 N–H and O–H groups in total. The Bertz CT molecular complexity index is 7490. The molecule has 6 atom stereocenters. The molecule has 7 heterocycles. The van der Waals surface area contributed by atoms with Crippen LogP contribution in [0.1, 0.15) is 146 Å². The normalized spacial score (nSPS) is 16.2. The average molecular weight is 2000 g/mol. The maximum atomic E-state index is 12.3. The summed E-state index contributed by atoms with van der Waals surface area (Å²) in [5, 5.41) is 145. The van der Waals surface area contributed by atoms with Crippen LogP contribution in [0.3, 0.4) is 0 Å². The Hall–Kier alpha value is -18.7. The van der Waals surface area contributed by atoms with Crippen LogP contribution in [0.5, 0.6) is 126 Å². The van der Waals surface area contributed by atoms with Gasteiger partial charge < -0.3 is 124 Å². The Kier molecular flexibility index (Phi) is 31.7. The van der Waals surface area contributed by atoms with Gasteiger partial charge in [0, 0.05) is 86.0 Å². The van der Waals surface area contributed by atoms with Crippen LogP contribution in [0.25, 0.3) is 46.6 Å². The van der Waals surface area contributed by atoms with Crippen LogP contribution in [0.15, 0.2) is 340 Å². The molecule has 754 valence electrons. The second-order valence-corrected chi connectivity index (χ2v) is 35.5. The number of carbonyl (C=O) groups is 2. The van der Waals surface area contributed by atoms with Crippen LogP contribution in [0.4, 0.5) is 0 Å². The number of aromatic hydroxyl groups is 12. The quantitative estimate of drug-likeness (QED) is 0.0307. The molecule has 7 aliphatic rings. The lowest BCUT2D eigenvalue weighted by molar-refractivity contribution is 0.0725. The maximum absolute atomic E-state index is 12.3. The van der Waals surface area contributed by atoms with E-state index in [1.165, 1.54) is 18.2 Å². The fraction of sp³-hybridized carbons (Fsp3) is 0.131. The maximum Gasteiger partial charge on any atom is 0.343 e. The molecule has 27 heteroatoms. The van der Waals surface area contributed by atoms with Crippen molar-refractivity contribution in [3.8, 4) is 126 Å². The molecule has 6 unspecified atom stereocenters. The van der Waals surface area contributed by atoms with Gasteiger partial charge in [0.15, 0.2) is 23.0 Å². The third-order valence-electron chi connectivity index (χ3n) is 25.7. The fourth-order valence-corrected chi connectivity index (χ4v) is 17.4. The summed E-state index contributed by atoms with van der Waals surface area (Å²) in [5.41, 5.74) is 18.7. The van der Waals surface area contributed by atoms with Crippen molar-refractivity contribution in [1.82, 2.24) is 0 Å². The smallest absolute Gasteiger partial charge is 0.343 e. The van der Waals surface area contributed by atoms with Crippen molar-refractivity contribution in [1.29, 1.82) is 0 Å². The molecular formula is C122H104O27. The molecule has 0 aliphatic carbocycles. The molecule has 16 aromatic rings. The SMILES string of the molecule is COc1ccc(C2=Cc3ccc(O)c(O)c3OC2)cc1.Cc1c(O)ccc2c1OCC(c1ccc(O)cc1)=C2.Cc1c(O)ccc2c1OCC(c1ccc(O)cc1)C2O.O=C(Oc1ccc(C2=Cc3ccc(OC(=O)c4ccccc4)cc3OC2)cc1)c1ccccc1.Oc1ccc(C2=Cc3ccc(O)cc3OC2)cc1.Oc1ccc(C2COc3c(ccc(O)c3O)C2O)cc1.Oc1ccc2c(c1)OCC(c1ccccc1)C2O. The van der Waals surface area contributed by atoms with Crippen molar-refractivity contribution in [2.45, 2.75) is 49.9 Å². The van der Waals surface area contributed by atoms with E-state index in [2.05, 4.69) is 6.08 Å². The molecule has 16 aromatic carbocycles. The highest BCUT2D eigenvalue weighted by molar-refractivity contribution is 5.94. The zero-order valence-electron chi connectivity index (χ0n) is 80.7. The van der Waals surface area contributed by atoms with E-state index in [0.29, 0.717) is 108 Å². The molecule has 0 spiro atoms. The number of phenols is 12. The van der Waals surface area contributed by atoms with Crippen LogP contribution >= 0.6 is 0 Å². The molecule has 0 fully saturated rings. The summed E-state index contributed by atoms with van der Waals surface area (Å²) in [4.78, 5) is 24.5. The van der Waals surface area contributed by atoms with Crippen molar-refractivity contribution in [2.75, 3.05) is 53.4 Å². The Labute approximate surface area is 856 Å². The largest absolute Gasteiger partial charge is 0.508 e. The number of benzene rings is 16. The minimum Gasteiger partial charge on any atom is -0.508 e. The number of aliphatic hydroxyl groups excluding tert-OH is 3. The third-order valence-corrected chi connectivity index (χ3v) is 25.7. The Morgan fingerprint density at radius 3 is 1.09 bits per heavy atom. The predicted molar refractivity (Wildman–Crippen MR) is 562 cm³/mol. The van der Waals surface area contributed by atoms with Gasteiger partial charge in [-0.15, -0.1) is 0 Å². The molecular weight excluding hydrogens is 1900 g/mol. The van der Waals surface area contributed by atoms with Crippen molar-refractivity contribution in [2.24, 2.45) is 0 Å². The monoisotopic (exact) mass is 2000 g/mol. The average Bonchev–Trinajstić information content (AvgIpc) is 1.50. The van der Waals surface area contributed by atoms with Gasteiger partial charge in [0.05, 0.1) is 56.4 Å². The molecule has 0 saturated heterocycles. The van der Waals surface area contributed by atoms with E-state index in [0.717, 1.165) is 106 Å². The Morgan fingerprint density at radius 2 is 0.591 bits per heavy atom. The summed E-state index contributed by atoms with van der Waals surface area (Å²) in [6.45, 7) is 6.17. The molecule has 149 heavy (non-hydrogen) atoms. The lowest BCUT2D eigenvalue weighted by atomic mass is 9.86. The van der Waals surface area contributed by atoms with Gasteiger partial charge in [-0.05, 0) is 281 Å². The van der Waals surface area contributed by atoms with Gasteiger partial charge in [0.25, 0.3) is 0 Å². The minimum absolute atomic E-state index is 0.0664. The first-order chi connectivity index (χ1) is 72.1. The van der Waals surface area contributed by atoms with Crippen molar-refractivity contribution in [3.05, 3.63) is 440 Å². The van der Waals surface area contributed by atoms with Crippen LogP contribution in [-0.4, -0.2) is 142 Å². The number of fused-ring (bicyclic) bond motifs is 7. The summed E-state index contributed by atoms with van der Waals surface area (Å²) < 4.78 is 55.7. The highest BCUT2D eigenvalue weighted by Gasteiger charge is 2.36. The number of aliphatic hydroxyl groups is 3. The molecule has 27 nitrogen and oxygen atoms in total. The number of phenolic OH excluding ortho intramolecular Hbond substituents is 12. The van der Waals surface area contributed by atoms with Gasteiger partial charge in [-0.25, -0.2) is 9.59 Å². The van der Waals surface area contributed by atoms with Gasteiger partial charge in [-0.1, -0.05) is 140 Å². The highest BCUT2D eigenvalue weighted by Crippen LogP contribution is 2.51. The first kappa shape index (κ1) is 102. The number of methoxy groups -OCH3 is 1. The summed E-state index contributed by atoms with van der Waals surface area (Å²) in [6, 6.07) is 97.9. The number of ether oxygens (including phenoxy) is 10. The molecule has 0 saturated carbocycles. The molecule has 0 radical (unpaired) electrons. The second-order valence-electron chi connectivity index (χ2n) is 35.5. The highest BCUT2D eigenvalue weighted by atomic mass is 16.5. The van der Waals surface area contributed by atoms with E-state index in [-0.39, 0.29) is 99.1 Å². The van der Waals surface area contributed by atoms with E-state index in [1.807, 2.05) is 146 Å². The zero-order valence-corrected chi connectivity index (χ0v) is 80.7. The van der Waals surface area contributed by atoms with Gasteiger partial charge in [0.1, 0.15) is 118 Å². The van der Waals surface area contributed by atoms with Crippen molar-refractivity contribution < 1.29 is 134 Å². The topological polar surface area (TPSA) is 430 Å². The fourth-order valence-electron chi connectivity index (χ4n) is 17.4. The first-order valence-electron chi connectivity index (χ1n) is 47.4. The molecule has 0 aromatic heterocycles. The lowest BCUT2D eigenvalue weighted by Gasteiger charge is -2.31. The van der Waals surface area contributed by atoms with Crippen LogP contribution in [0, 0.1) is 13.8 Å².